The normalized spacial score (nSPS) is 18.9. The average molecular weight is 308 g/mol. The number of carbonyl (C=O) groups is 1. The molecule has 1 aliphatic rings. The number of aldehydes is 1. The van der Waals surface area contributed by atoms with Crippen LogP contribution in [-0.2, 0) is 4.79 Å². The fourth-order valence-corrected chi connectivity index (χ4v) is 2.24. The van der Waals surface area contributed by atoms with Crippen LogP contribution in [0.1, 0.15) is 34.6 Å². The van der Waals surface area contributed by atoms with Crippen molar-refractivity contribution in [1.29, 1.82) is 0 Å². The zero-order chi connectivity index (χ0) is 17.4. The lowest BCUT2D eigenvalue weighted by Crippen LogP contribution is -1.96. The summed E-state index contributed by atoms with van der Waals surface area (Å²) in [6.45, 7) is 14.6. The van der Waals surface area contributed by atoms with Gasteiger partial charge in [-0.15, -0.1) is 0 Å². The highest BCUT2D eigenvalue weighted by Gasteiger charge is 2.08. The van der Waals surface area contributed by atoms with Crippen LogP contribution < -0.4 is 0 Å². The quantitative estimate of drug-likeness (QED) is 0.258. The van der Waals surface area contributed by atoms with Crippen molar-refractivity contribution in [2.24, 2.45) is 11.8 Å². The van der Waals surface area contributed by atoms with E-state index in [2.05, 4.69) is 63.8 Å². The van der Waals surface area contributed by atoms with Crippen molar-refractivity contribution in [2.45, 2.75) is 34.6 Å². The van der Waals surface area contributed by atoms with Crippen LogP contribution in [0.15, 0.2) is 83.1 Å². The topological polar surface area (TPSA) is 17.1 Å². The van der Waals surface area contributed by atoms with Crippen LogP contribution in [0.2, 0.25) is 0 Å². The summed E-state index contributed by atoms with van der Waals surface area (Å²) in [5, 5.41) is 0. The molecule has 1 heteroatoms. The van der Waals surface area contributed by atoms with Crippen molar-refractivity contribution in [3.63, 3.8) is 0 Å². The summed E-state index contributed by atoms with van der Waals surface area (Å²) >= 11 is 0. The SMILES string of the molecule is C=C(C)C(/C=C/C(C)=C/C=O)/C=C1\C=CC(C(C)C)=CC=C1C. The van der Waals surface area contributed by atoms with E-state index in [-0.39, 0.29) is 5.92 Å². The fraction of sp³-hybridized carbons (Fsp3) is 0.318. The highest BCUT2D eigenvalue weighted by molar-refractivity contribution is 5.66. The molecular formula is C22H28O. The van der Waals surface area contributed by atoms with Crippen LogP contribution >= 0.6 is 0 Å². The minimum absolute atomic E-state index is 0.147. The molecule has 0 spiro atoms. The first kappa shape index (κ1) is 18.9. The minimum atomic E-state index is 0.147. The lowest BCUT2D eigenvalue weighted by molar-refractivity contribution is -0.104. The summed E-state index contributed by atoms with van der Waals surface area (Å²) in [6.07, 6.45) is 17.4. The highest BCUT2D eigenvalue weighted by Crippen LogP contribution is 2.24. The van der Waals surface area contributed by atoms with Gasteiger partial charge in [0.25, 0.3) is 0 Å². The van der Waals surface area contributed by atoms with Gasteiger partial charge in [0.15, 0.2) is 0 Å². The Hall–Kier alpha value is -2.15. The molecular weight excluding hydrogens is 280 g/mol. The van der Waals surface area contributed by atoms with Gasteiger partial charge in [-0.1, -0.05) is 68.5 Å². The average Bonchev–Trinajstić information content (AvgIpc) is 2.65. The van der Waals surface area contributed by atoms with Crippen molar-refractivity contribution in [2.75, 3.05) is 0 Å². The van der Waals surface area contributed by atoms with Crippen LogP contribution in [-0.4, -0.2) is 6.29 Å². The van der Waals surface area contributed by atoms with Crippen LogP contribution in [0.5, 0.6) is 0 Å². The lowest BCUT2D eigenvalue weighted by Gasteiger charge is -2.11. The van der Waals surface area contributed by atoms with E-state index < -0.39 is 0 Å². The molecule has 23 heavy (non-hydrogen) atoms. The Morgan fingerprint density at radius 2 is 1.87 bits per heavy atom. The van der Waals surface area contributed by atoms with Crippen LogP contribution in [0.4, 0.5) is 0 Å². The van der Waals surface area contributed by atoms with E-state index in [0.717, 1.165) is 17.4 Å². The maximum absolute atomic E-state index is 10.5. The molecule has 0 saturated carbocycles. The molecule has 1 aliphatic carbocycles. The summed E-state index contributed by atoms with van der Waals surface area (Å²) < 4.78 is 0. The predicted molar refractivity (Wildman–Crippen MR) is 101 cm³/mol. The maximum Gasteiger partial charge on any atom is 0.143 e. The molecule has 0 heterocycles. The van der Waals surface area contributed by atoms with E-state index in [9.17, 15) is 4.79 Å². The van der Waals surface area contributed by atoms with Crippen LogP contribution in [0.25, 0.3) is 0 Å². The second-order valence-corrected chi connectivity index (χ2v) is 6.40. The Labute approximate surface area is 141 Å². The zero-order valence-electron chi connectivity index (χ0n) is 15.0. The van der Waals surface area contributed by atoms with E-state index in [1.807, 2.05) is 19.9 Å². The van der Waals surface area contributed by atoms with Gasteiger partial charge in [0, 0.05) is 5.92 Å². The molecule has 1 unspecified atom stereocenters. The third-order valence-electron chi connectivity index (χ3n) is 3.93. The van der Waals surface area contributed by atoms with Gasteiger partial charge in [-0.2, -0.15) is 0 Å². The molecule has 122 valence electrons. The first-order chi connectivity index (χ1) is 10.8. The Balaban J connectivity index is 3.10. The first-order valence-electron chi connectivity index (χ1n) is 8.09. The Morgan fingerprint density at radius 1 is 1.17 bits per heavy atom. The summed E-state index contributed by atoms with van der Waals surface area (Å²) in [4.78, 5) is 10.5. The van der Waals surface area contributed by atoms with Crippen LogP contribution in [0.3, 0.4) is 0 Å². The molecule has 1 rings (SSSR count). The van der Waals surface area contributed by atoms with Gasteiger partial charge in [0.05, 0.1) is 0 Å². The fourth-order valence-electron chi connectivity index (χ4n) is 2.24. The van der Waals surface area contributed by atoms with Gasteiger partial charge in [-0.3, -0.25) is 4.79 Å². The Kier molecular flexibility index (Phi) is 7.47. The van der Waals surface area contributed by atoms with Gasteiger partial charge in [-0.25, -0.2) is 0 Å². The van der Waals surface area contributed by atoms with Crippen LogP contribution in [0, 0.1) is 11.8 Å². The molecule has 0 saturated heterocycles. The molecule has 0 bridgehead atoms. The van der Waals surface area contributed by atoms with E-state index in [1.54, 1.807) is 6.08 Å². The van der Waals surface area contributed by atoms with Gasteiger partial charge < -0.3 is 0 Å². The number of hydrogen-bond donors (Lipinski definition) is 0. The standard InChI is InChI=1S/C22H28O/c1-16(2)20-10-8-19(6)22(12-11-20)15-21(17(3)4)9-7-18(5)13-14-23/h7-16,21H,3H2,1-2,4-6H3/b9-7+,18-13+,22-15+. The molecule has 0 radical (unpaired) electrons. The van der Waals surface area contributed by atoms with Gasteiger partial charge in [0.1, 0.15) is 6.29 Å². The third kappa shape index (κ3) is 6.23. The molecule has 0 aromatic rings. The third-order valence-corrected chi connectivity index (χ3v) is 3.93. The summed E-state index contributed by atoms with van der Waals surface area (Å²) in [6, 6.07) is 0. The second-order valence-electron chi connectivity index (χ2n) is 6.40. The number of rotatable bonds is 6. The van der Waals surface area contributed by atoms with Gasteiger partial charge in [-0.05, 0) is 55.1 Å². The van der Waals surface area contributed by atoms with Crippen molar-refractivity contribution < 1.29 is 4.79 Å². The van der Waals surface area contributed by atoms with Crippen molar-refractivity contribution in [3.05, 3.63) is 83.1 Å². The molecule has 0 amide bonds. The molecule has 0 fully saturated rings. The summed E-state index contributed by atoms with van der Waals surface area (Å²) in [5.41, 5.74) is 5.82. The maximum atomic E-state index is 10.5. The summed E-state index contributed by atoms with van der Waals surface area (Å²) in [5.74, 6) is 0.663. The molecule has 0 aromatic heterocycles. The zero-order valence-corrected chi connectivity index (χ0v) is 15.0. The second kappa shape index (κ2) is 9.09. The molecule has 1 nitrogen and oxygen atoms in total. The monoisotopic (exact) mass is 308 g/mol. The molecule has 1 atom stereocenters. The van der Waals surface area contributed by atoms with E-state index in [0.29, 0.717) is 5.92 Å². The van der Waals surface area contributed by atoms with Crippen molar-refractivity contribution in [3.8, 4) is 0 Å². The Bertz CT molecular complexity index is 631. The van der Waals surface area contributed by atoms with Crippen molar-refractivity contribution in [1.82, 2.24) is 0 Å². The van der Waals surface area contributed by atoms with E-state index in [1.165, 1.54) is 16.7 Å². The summed E-state index contributed by atoms with van der Waals surface area (Å²) in [7, 11) is 0. The number of allylic oxidation sites excluding steroid dienone is 13. The predicted octanol–water partition coefficient (Wildman–Crippen LogP) is 5.91. The van der Waals surface area contributed by atoms with Gasteiger partial charge >= 0.3 is 0 Å². The number of carbonyl (C=O) groups excluding carboxylic acids is 1. The Morgan fingerprint density at radius 3 is 2.43 bits per heavy atom. The largest absolute Gasteiger partial charge is 0.299 e. The smallest absolute Gasteiger partial charge is 0.143 e. The van der Waals surface area contributed by atoms with E-state index in [4.69, 9.17) is 0 Å². The molecule has 0 N–H and O–H groups in total. The van der Waals surface area contributed by atoms with Crippen molar-refractivity contribution >= 4 is 6.29 Å². The highest BCUT2D eigenvalue weighted by atomic mass is 16.1. The van der Waals surface area contributed by atoms with E-state index >= 15 is 0 Å². The number of hydrogen-bond acceptors (Lipinski definition) is 1. The lowest BCUT2D eigenvalue weighted by atomic mass is 9.94. The minimum Gasteiger partial charge on any atom is -0.299 e. The van der Waals surface area contributed by atoms with Gasteiger partial charge in [0.2, 0.25) is 0 Å². The molecule has 0 aliphatic heterocycles. The first-order valence-corrected chi connectivity index (χ1v) is 8.09. The molecule has 0 aromatic carbocycles.